The van der Waals surface area contributed by atoms with Crippen molar-refractivity contribution in [1.29, 1.82) is 0 Å². The number of carbonyl (C=O) groups is 6. The lowest BCUT2D eigenvalue weighted by Gasteiger charge is -2.70. The normalized spacial score (nSPS) is 44.4. The van der Waals surface area contributed by atoms with Gasteiger partial charge in [-0.05, 0) is 110 Å². The second-order valence-electron chi connectivity index (χ2n) is 25.1. The third-order valence-corrected chi connectivity index (χ3v) is 20.1. The molecule has 0 aromatic heterocycles. The van der Waals surface area contributed by atoms with E-state index in [1.54, 1.807) is 0 Å². The number of methoxy groups -OCH3 is 1. The molecular weight excluding hydrogens is 985 g/mol. The molecule has 9 rings (SSSR count). The van der Waals surface area contributed by atoms with Crippen LogP contribution in [0.5, 0.6) is 0 Å². The Morgan fingerprint density at radius 1 is 0.711 bits per heavy atom. The van der Waals surface area contributed by atoms with E-state index in [9.17, 15) is 29.1 Å². The fraction of sp³-hybridized carbons (Fsp3) is 0.759. The van der Waals surface area contributed by atoms with Crippen LogP contribution < -0.4 is 0 Å². The van der Waals surface area contributed by atoms with E-state index in [1.165, 1.54) is 19.6 Å². The smallest absolute Gasteiger partial charge is 0.311 e. The van der Waals surface area contributed by atoms with E-state index in [2.05, 4.69) is 41.5 Å². The molecule has 18 heteroatoms. The second kappa shape index (κ2) is 20.7. The Bertz CT molecular complexity index is 2440. The van der Waals surface area contributed by atoms with Crippen molar-refractivity contribution in [3.05, 3.63) is 47.5 Å². The van der Waals surface area contributed by atoms with Crippen LogP contribution in [-0.4, -0.2) is 129 Å². The van der Waals surface area contributed by atoms with E-state index in [0.717, 1.165) is 59.3 Å². The van der Waals surface area contributed by atoms with Crippen LogP contribution in [0.25, 0.3) is 0 Å². The van der Waals surface area contributed by atoms with Gasteiger partial charge in [0.2, 0.25) is 0 Å². The summed E-state index contributed by atoms with van der Waals surface area (Å²) in [5.41, 5.74) is -0.407. The van der Waals surface area contributed by atoms with E-state index >= 15 is 4.79 Å². The van der Waals surface area contributed by atoms with Gasteiger partial charge in [0.15, 0.2) is 43.0 Å². The fourth-order valence-electron chi connectivity index (χ4n) is 16.0. The van der Waals surface area contributed by atoms with Gasteiger partial charge in [-0.25, -0.2) is 0 Å². The molecule has 3 heterocycles. The highest BCUT2D eigenvalue weighted by Crippen LogP contribution is 2.75. The lowest BCUT2D eigenvalue weighted by Crippen LogP contribution is -2.68. The molecule has 3 saturated heterocycles. The van der Waals surface area contributed by atoms with E-state index < -0.39 is 121 Å². The Morgan fingerprint density at radius 3 is 2.01 bits per heavy atom. The molecule has 76 heavy (non-hydrogen) atoms. The summed E-state index contributed by atoms with van der Waals surface area (Å²) in [6, 6.07) is 9.22. The molecule has 0 amide bonds. The third kappa shape index (κ3) is 9.75. The summed E-state index contributed by atoms with van der Waals surface area (Å²) in [5, 5.41) is 12.7. The van der Waals surface area contributed by atoms with Crippen molar-refractivity contribution in [1.82, 2.24) is 0 Å². The minimum atomic E-state index is -1.67. The topological polar surface area (TPSA) is 224 Å². The number of aliphatic hydroxyl groups excluding tert-OH is 1. The molecule has 0 unspecified atom stereocenters. The summed E-state index contributed by atoms with van der Waals surface area (Å²) < 4.78 is 67.6. The summed E-state index contributed by atoms with van der Waals surface area (Å²) in [6.45, 7) is 19.9. The van der Waals surface area contributed by atoms with Gasteiger partial charge >= 0.3 is 29.8 Å². The SMILES string of the molecule is COC(=O)[C@@]1(C)CC[C@]2(C)CC[C@]3(C)C(=CC(=O)[C@@H]4[C@@]5(C)CC[C@H](O[C@@H]6O[C@@H]7CO[C@@H](c8ccccc8)O[C@H]7[C@H](O)[C@H]6O[C@@H]6O[C@H](COC(C)=O)[C@H](OC(C)=O)[C@H](OC(C)=O)[C@H]6OC(C)=O)C(C)(C)[C@@H]5CC[C@]43C)[C@@H]2C1. The monoisotopic (exact) mass is 1060 g/mol. The number of fused-ring (bicyclic) bond motifs is 8. The lowest BCUT2D eigenvalue weighted by molar-refractivity contribution is -0.402. The first-order chi connectivity index (χ1) is 35.7. The number of esters is 5. The maximum absolute atomic E-state index is 15.3. The molecule has 3 aliphatic heterocycles. The van der Waals surface area contributed by atoms with Crippen LogP contribution in [0.1, 0.15) is 146 Å². The second-order valence-corrected chi connectivity index (χ2v) is 25.1. The predicted molar refractivity (Wildman–Crippen MR) is 268 cm³/mol. The lowest BCUT2D eigenvalue weighted by atomic mass is 9.33. The summed E-state index contributed by atoms with van der Waals surface area (Å²) in [7, 11) is 1.46. The summed E-state index contributed by atoms with van der Waals surface area (Å²) in [6.07, 6.45) is -6.10. The first kappa shape index (κ1) is 56.4. The van der Waals surface area contributed by atoms with E-state index in [0.29, 0.717) is 24.8 Å². The summed E-state index contributed by atoms with van der Waals surface area (Å²) >= 11 is 0. The standard InChI is InChI=1S/C58H80O18/c1-30(59)67-28-39-44(69-31(2)60)46(70-32(3)61)47(71-33(4)62)51(73-39)76-45-42(64)43-38(29-68-49(75-43)34-16-14-13-15-17-34)72-50(45)74-41-19-20-56(9)40(53(41,5)6)18-21-58(11)48(56)37(63)26-35-36-27-55(8,52(65)66-12)23-22-54(36,7)24-25-57(35,58)10/h13-17,26,36,38-51,64H,18-25,27-29H2,1-12H3/t36-,38+,39+,40-,41-,42-,43+,44-,45+,46-,47+,48+,49+,50-,51-,54+,55-,56-,57+,58+/m0/s1. The van der Waals surface area contributed by atoms with E-state index in [-0.39, 0.29) is 52.4 Å². The van der Waals surface area contributed by atoms with Gasteiger partial charge in [0.05, 0.1) is 25.2 Å². The van der Waals surface area contributed by atoms with Crippen LogP contribution in [0.2, 0.25) is 0 Å². The molecule has 420 valence electrons. The minimum absolute atomic E-state index is 0.00107. The molecule has 1 aromatic rings. The van der Waals surface area contributed by atoms with Gasteiger partial charge < -0.3 is 57.2 Å². The van der Waals surface area contributed by atoms with Crippen LogP contribution >= 0.6 is 0 Å². The Labute approximate surface area is 446 Å². The first-order valence-corrected chi connectivity index (χ1v) is 27.3. The van der Waals surface area contributed by atoms with Gasteiger partial charge in [-0.2, -0.15) is 0 Å². The zero-order chi connectivity index (χ0) is 55.1. The highest BCUT2D eigenvalue weighted by atomic mass is 16.8. The molecule has 0 bridgehead atoms. The zero-order valence-electron chi connectivity index (χ0n) is 46.3. The number of carbonyl (C=O) groups excluding carboxylic acids is 6. The van der Waals surface area contributed by atoms with Gasteiger partial charge in [-0.1, -0.05) is 77.4 Å². The van der Waals surface area contributed by atoms with Crippen molar-refractivity contribution in [2.75, 3.05) is 20.3 Å². The van der Waals surface area contributed by atoms with Crippen LogP contribution in [-0.2, 0) is 80.9 Å². The molecule has 1 aromatic carbocycles. The van der Waals surface area contributed by atoms with Gasteiger partial charge in [0.25, 0.3) is 0 Å². The number of allylic oxidation sites excluding steroid dienone is 2. The molecule has 5 aliphatic carbocycles. The quantitative estimate of drug-likeness (QED) is 0.131. The van der Waals surface area contributed by atoms with E-state index in [1.807, 2.05) is 43.3 Å². The van der Waals surface area contributed by atoms with Gasteiger partial charge in [0.1, 0.15) is 37.1 Å². The molecule has 20 atom stereocenters. The molecular formula is C58H80O18. The van der Waals surface area contributed by atoms with Gasteiger partial charge in [-0.15, -0.1) is 0 Å². The van der Waals surface area contributed by atoms with Crippen molar-refractivity contribution >= 4 is 35.6 Å². The molecule has 0 spiro atoms. The Hall–Kier alpha value is -4.30. The minimum Gasteiger partial charge on any atom is -0.469 e. The van der Waals surface area contributed by atoms with Crippen molar-refractivity contribution in [3.63, 3.8) is 0 Å². The van der Waals surface area contributed by atoms with E-state index in [4.69, 9.17) is 52.1 Å². The predicted octanol–water partition coefficient (Wildman–Crippen LogP) is 7.19. The molecule has 8 aliphatic rings. The van der Waals surface area contributed by atoms with Crippen LogP contribution in [0.15, 0.2) is 42.0 Å². The number of ether oxygens (including phenoxy) is 11. The zero-order valence-corrected chi connectivity index (χ0v) is 46.3. The van der Waals surface area contributed by atoms with Crippen LogP contribution in [0.3, 0.4) is 0 Å². The Kier molecular flexibility index (Phi) is 15.4. The van der Waals surface area contributed by atoms with Gasteiger partial charge in [0, 0.05) is 39.2 Å². The first-order valence-electron chi connectivity index (χ1n) is 27.3. The largest absolute Gasteiger partial charge is 0.469 e. The number of benzene rings is 1. The summed E-state index contributed by atoms with van der Waals surface area (Å²) in [4.78, 5) is 78.9. The highest BCUT2D eigenvalue weighted by molar-refractivity contribution is 5.95. The number of aliphatic hydroxyl groups is 1. The number of rotatable bonds is 11. The Balaban J connectivity index is 1.03. The number of hydrogen-bond donors (Lipinski definition) is 1. The Morgan fingerprint density at radius 2 is 1.36 bits per heavy atom. The van der Waals surface area contributed by atoms with Crippen LogP contribution in [0.4, 0.5) is 0 Å². The van der Waals surface area contributed by atoms with Crippen molar-refractivity contribution < 1.29 is 86.0 Å². The van der Waals surface area contributed by atoms with Crippen molar-refractivity contribution in [2.45, 2.75) is 208 Å². The average Bonchev–Trinajstić information content (AvgIpc) is 3.35. The van der Waals surface area contributed by atoms with Crippen molar-refractivity contribution in [3.8, 4) is 0 Å². The average molecular weight is 1070 g/mol. The van der Waals surface area contributed by atoms with Gasteiger partial charge in [-0.3, -0.25) is 28.8 Å². The summed E-state index contributed by atoms with van der Waals surface area (Å²) in [5.74, 6) is -3.36. The maximum atomic E-state index is 15.3. The molecule has 7 fully saturated rings. The van der Waals surface area contributed by atoms with Crippen LogP contribution in [0, 0.1) is 50.2 Å². The molecule has 0 radical (unpaired) electrons. The highest BCUT2D eigenvalue weighted by Gasteiger charge is 2.71. The fourth-order valence-corrected chi connectivity index (χ4v) is 16.0. The number of hydrogen-bond acceptors (Lipinski definition) is 18. The third-order valence-electron chi connectivity index (χ3n) is 20.1. The maximum Gasteiger partial charge on any atom is 0.311 e. The molecule has 18 nitrogen and oxygen atoms in total. The van der Waals surface area contributed by atoms with Crippen molar-refractivity contribution in [2.24, 2.45) is 50.2 Å². The molecule has 4 saturated carbocycles. The molecule has 1 N–H and O–H groups in total. The number of ketones is 1.